The largest absolute Gasteiger partial charge is 0.498 e. The highest BCUT2D eigenvalue weighted by molar-refractivity contribution is 5.60. The molecule has 3 aromatic rings. The summed E-state index contributed by atoms with van der Waals surface area (Å²) in [5, 5.41) is 78.8. The molecule has 35 heavy (non-hydrogen) atoms. The first-order chi connectivity index (χ1) is 16.3. The Bertz CT molecular complexity index is 1330. The van der Waals surface area contributed by atoms with Gasteiger partial charge in [0.05, 0.1) is 9.85 Å². The molecule has 3 heterocycles. The van der Waals surface area contributed by atoms with Gasteiger partial charge in [-0.1, -0.05) is 0 Å². The van der Waals surface area contributed by atoms with Crippen LogP contribution in [0.2, 0.25) is 0 Å². The summed E-state index contributed by atoms with van der Waals surface area (Å²) in [5.74, 6) is -6.34. The van der Waals surface area contributed by atoms with E-state index in [1.165, 1.54) is 0 Å². The van der Waals surface area contributed by atoms with E-state index in [1.54, 1.807) is 0 Å². The zero-order valence-electron chi connectivity index (χ0n) is 16.2. The van der Waals surface area contributed by atoms with E-state index in [-0.39, 0.29) is 15.2 Å². The summed E-state index contributed by atoms with van der Waals surface area (Å²) in [6, 6.07) is 0. The molecule has 25 heteroatoms. The van der Waals surface area contributed by atoms with Crippen LogP contribution in [-0.2, 0) is 13.1 Å². The molecule has 0 aliphatic heterocycles. The molecular formula is C10H5N13O12. The van der Waals surface area contributed by atoms with E-state index in [4.69, 9.17) is 0 Å². The highest BCUT2D eigenvalue weighted by Crippen LogP contribution is 2.37. The van der Waals surface area contributed by atoms with E-state index >= 15 is 0 Å². The van der Waals surface area contributed by atoms with Gasteiger partial charge in [-0.25, -0.2) is 4.98 Å². The highest BCUT2D eigenvalue weighted by atomic mass is 16.7. The average Bonchev–Trinajstić information content (AvgIpc) is 3.43. The minimum Gasteiger partial charge on any atom is -0.358 e. The molecule has 0 aliphatic rings. The van der Waals surface area contributed by atoms with Crippen molar-refractivity contribution in [2.24, 2.45) is 0 Å². The summed E-state index contributed by atoms with van der Waals surface area (Å²) in [7, 11) is 0. The predicted molar refractivity (Wildman–Crippen MR) is 99.0 cm³/mol. The molecule has 0 amide bonds. The average molecular weight is 499 g/mol. The van der Waals surface area contributed by atoms with Crippen molar-refractivity contribution in [1.82, 2.24) is 34.7 Å². The zero-order valence-corrected chi connectivity index (χ0v) is 16.2. The van der Waals surface area contributed by atoms with Gasteiger partial charge in [-0.05, 0) is 29.1 Å². The number of rotatable bonds is 10. The van der Waals surface area contributed by atoms with Gasteiger partial charge in [0.15, 0.2) is 34.9 Å². The lowest BCUT2D eigenvalue weighted by Gasteiger charge is -1.93. The summed E-state index contributed by atoms with van der Waals surface area (Å²) in [6.45, 7) is -1.64. The molecule has 0 spiro atoms. The Morgan fingerprint density at radius 1 is 0.629 bits per heavy atom. The molecule has 0 atom stereocenters. The minimum absolute atomic E-state index is 0.259. The summed E-state index contributed by atoms with van der Waals surface area (Å²) in [6.07, 6.45) is 0. The highest BCUT2D eigenvalue weighted by Gasteiger charge is 2.48. The molecule has 3 aromatic heterocycles. The van der Waals surface area contributed by atoms with Crippen LogP contribution in [0.1, 0.15) is 11.6 Å². The fraction of sp³-hybridized carbons (Fsp3) is 0.200. The molecule has 0 saturated heterocycles. The lowest BCUT2D eigenvalue weighted by atomic mass is 10.4. The maximum Gasteiger partial charge on any atom is 0.498 e. The number of hydrogen-bond donors (Lipinski definition) is 1. The Hall–Kier alpha value is -6.04. The van der Waals surface area contributed by atoms with Crippen molar-refractivity contribution in [1.29, 1.82) is 0 Å². The molecule has 0 saturated carbocycles. The molecule has 25 nitrogen and oxygen atoms in total. The summed E-state index contributed by atoms with van der Waals surface area (Å²) < 4.78 is 0.530. The van der Waals surface area contributed by atoms with Gasteiger partial charge in [0.1, 0.15) is 0 Å². The monoisotopic (exact) mass is 499 g/mol. The van der Waals surface area contributed by atoms with E-state index in [0.29, 0.717) is 0 Å². The quantitative estimate of drug-likeness (QED) is 0.277. The second kappa shape index (κ2) is 8.48. The van der Waals surface area contributed by atoms with E-state index < -0.39 is 83.1 Å². The van der Waals surface area contributed by atoms with Crippen LogP contribution in [0.4, 0.5) is 34.6 Å². The third kappa shape index (κ3) is 4.20. The van der Waals surface area contributed by atoms with Gasteiger partial charge in [-0.15, -0.1) is 0 Å². The minimum atomic E-state index is -1.50. The van der Waals surface area contributed by atoms with Crippen LogP contribution >= 0.6 is 0 Å². The molecular weight excluding hydrogens is 494 g/mol. The van der Waals surface area contributed by atoms with Crippen LogP contribution < -0.4 is 0 Å². The molecule has 0 bridgehead atoms. The lowest BCUT2D eigenvalue weighted by Crippen LogP contribution is -2.09. The van der Waals surface area contributed by atoms with Crippen molar-refractivity contribution >= 4 is 34.6 Å². The maximum atomic E-state index is 11.3. The number of nitrogens with zero attached hydrogens (tertiary/aromatic N) is 12. The van der Waals surface area contributed by atoms with Crippen molar-refractivity contribution in [3.05, 3.63) is 72.3 Å². The van der Waals surface area contributed by atoms with E-state index in [0.717, 1.165) is 0 Å². The van der Waals surface area contributed by atoms with E-state index in [1.807, 2.05) is 0 Å². The van der Waals surface area contributed by atoms with Gasteiger partial charge in [-0.3, -0.25) is 25.3 Å². The van der Waals surface area contributed by atoms with Gasteiger partial charge in [-0.2, -0.15) is 5.10 Å². The Balaban J connectivity index is 2.00. The van der Waals surface area contributed by atoms with Crippen molar-refractivity contribution in [2.75, 3.05) is 0 Å². The second-order valence-electron chi connectivity index (χ2n) is 6.05. The second-order valence-corrected chi connectivity index (χ2v) is 6.05. The molecule has 0 unspecified atom stereocenters. The van der Waals surface area contributed by atoms with E-state index in [9.17, 15) is 60.7 Å². The summed E-state index contributed by atoms with van der Waals surface area (Å²) in [5.41, 5.74) is -2.99. The molecule has 1 N–H and O–H groups in total. The standard InChI is InChI=1S/C10H5N13O12/c24-18(25)5-7(20(28)29)14-16(9(5)22(32)33)1-3-11-4(13-12-3)2-17-10(23(34)35)6(19(26)27)8(15-17)21(30)31/h1-2H2,(H,11,12,13). The van der Waals surface area contributed by atoms with Crippen LogP contribution in [0.3, 0.4) is 0 Å². The normalized spacial score (nSPS) is 10.7. The van der Waals surface area contributed by atoms with Crippen LogP contribution in [0.25, 0.3) is 0 Å². The van der Waals surface area contributed by atoms with Crippen molar-refractivity contribution in [3.8, 4) is 0 Å². The lowest BCUT2D eigenvalue weighted by molar-refractivity contribution is -0.441. The molecule has 0 aromatic carbocycles. The third-order valence-corrected chi connectivity index (χ3v) is 3.99. The maximum absolute atomic E-state index is 11.3. The number of hydrogen-bond acceptors (Lipinski definition) is 16. The van der Waals surface area contributed by atoms with Crippen molar-refractivity contribution in [3.63, 3.8) is 0 Å². The van der Waals surface area contributed by atoms with Crippen LogP contribution in [0.5, 0.6) is 0 Å². The first kappa shape index (κ1) is 23.6. The Morgan fingerprint density at radius 2 is 1.06 bits per heavy atom. The first-order valence-corrected chi connectivity index (χ1v) is 8.31. The van der Waals surface area contributed by atoms with E-state index in [2.05, 4.69) is 25.4 Å². The van der Waals surface area contributed by atoms with Gasteiger partial charge >= 0.3 is 34.6 Å². The van der Waals surface area contributed by atoms with Gasteiger partial charge in [0, 0.05) is 0 Å². The number of H-pyrrole nitrogens is 1. The van der Waals surface area contributed by atoms with Gasteiger partial charge in [0.2, 0.25) is 0 Å². The summed E-state index contributed by atoms with van der Waals surface area (Å²) in [4.78, 5) is 62.4. The topological polar surface area (TPSA) is 336 Å². The Kier molecular flexibility index (Phi) is 5.72. The smallest absolute Gasteiger partial charge is 0.358 e. The number of nitro groups is 6. The zero-order chi connectivity index (χ0) is 26.2. The van der Waals surface area contributed by atoms with Crippen LogP contribution in [0.15, 0.2) is 0 Å². The van der Waals surface area contributed by atoms with Crippen molar-refractivity contribution in [2.45, 2.75) is 13.1 Å². The number of nitrogens with one attached hydrogen (secondary N) is 1. The molecule has 0 aliphatic carbocycles. The molecule has 0 radical (unpaired) electrons. The van der Waals surface area contributed by atoms with Crippen molar-refractivity contribution < 1.29 is 29.5 Å². The van der Waals surface area contributed by atoms with Crippen LogP contribution in [-0.4, -0.2) is 64.3 Å². The predicted octanol–water partition coefficient (Wildman–Crippen LogP) is -0.256. The number of aromatic nitrogens is 7. The Labute approximate surface area is 185 Å². The summed E-state index contributed by atoms with van der Waals surface area (Å²) >= 11 is 0. The van der Waals surface area contributed by atoms with Crippen LogP contribution in [0, 0.1) is 60.7 Å². The fourth-order valence-electron chi connectivity index (χ4n) is 2.77. The van der Waals surface area contributed by atoms with Gasteiger partial charge in [0.25, 0.3) is 0 Å². The molecule has 182 valence electrons. The first-order valence-electron chi connectivity index (χ1n) is 8.31. The third-order valence-electron chi connectivity index (χ3n) is 3.99. The SMILES string of the molecule is O=[N+]([O-])c1nn(Cc2n[nH]c(Cn3nc([N+](=O)[O-])c([N+](=O)[O-])c3[N+](=O)[O-])n2)c([N+](=O)[O-])c1[N+](=O)[O-]. The molecule has 0 fully saturated rings. The van der Waals surface area contributed by atoms with Gasteiger partial charge < -0.3 is 40.5 Å². The number of aromatic amines is 1. The fourth-order valence-corrected chi connectivity index (χ4v) is 2.77. The Morgan fingerprint density at radius 3 is 1.43 bits per heavy atom. The molecule has 3 rings (SSSR count).